The predicted octanol–water partition coefficient (Wildman–Crippen LogP) is 4.49. The average Bonchev–Trinajstić information content (AvgIpc) is 2.99. The van der Waals surface area contributed by atoms with E-state index in [0.29, 0.717) is 11.3 Å². The minimum absolute atomic E-state index is 0.0573. The maximum absolute atomic E-state index is 15.0. The molecule has 4 rings (SSSR count). The molecule has 0 spiro atoms. The first-order valence-electron chi connectivity index (χ1n) is 10.6. The third-order valence-electron chi connectivity index (χ3n) is 5.14. The first kappa shape index (κ1) is 22.3. The Labute approximate surface area is 191 Å². The highest BCUT2D eigenvalue weighted by atomic mass is 19.1. The lowest BCUT2D eigenvalue weighted by Gasteiger charge is -2.23. The Bertz CT molecular complexity index is 1220. The third-order valence-corrected chi connectivity index (χ3v) is 5.14. The molecule has 0 atom stereocenters. The summed E-state index contributed by atoms with van der Waals surface area (Å²) < 4.78 is 21.9. The van der Waals surface area contributed by atoms with E-state index in [4.69, 9.17) is 4.74 Å². The molecule has 33 heavy (non-hydrogen) atoms. The Morgan fingerprint density at radius 3 is 2.70 bits per heavy atom. The Morgan fingerprint density at radius 1 is 1.21 bits per heavy atom. The molecule has 3 aromatic rings. The first-order chi connectivity index (χ1) is 15.6. The molecule has 2 heterocycles. The highest BCUT2D eigenvalue weighted by Gasteiger charge is 2.28. The molecule has 2 N–H and O–H groups in total. The van der Waals surface area contributed by atoms with Gasteiger partial charge in [0, 0.05) is 19.2 Å². The van der Waals surface area contributed by atoms with Crippen LogP contribution in [0.3, 0.4) is 0 Å². The van der Waals surface area contributed by atoms with Crippen molar-refractivity contribution in [1.29, 1.82) is 0 Å². The van der Waals surface area contributed by atoms with Gasteiger partial charge >= 0.3 is 6.09 Å². The molecule has 2 aromatic carbocycles. The van der Waals surface area contributed by atoms with Crippen LogP contribution in [0.5, 0.6) is 0 Å². The number of aromatic nitrogens is 2. The van der Waals surface area contributed by atoms with Gasteiger partial charge < -0.3 is 20.3 Å². The van der Waals surface area contributed by atoms with Crippen LogP contribution in [-0.2, 0) is 24.9 Å². The number of hydrogen-bond acceptors (Lipinski definition) is 5. The van der Waals surface area contributed by atoms with Crippen LogP contribution in [0.25, 0.3) is 0 Å². The number of hydrogen-bond donors (Lipinski definition) is 2. The van der Waals surface area contributed by atoms with Crippen LogP contribution in [0.1, 0.15) is 42.3 Å². The summed E-state index contributed by atoms with van der Waals surface area (Å²) in [7, 11) is 1.82. The molecule has 2 amide bonds. The zero-order chi connectivity index (χ0) is 23.8. The lowest BCUT2D eigenvalue weighted by molar-refractivity contribution is 0.0523. The van der Waals surface area contributed by atoms with Crippen LogP contribution >= 0.6 is 0 Å². The van der Waals surface area contributed by atoms with Crippen molar-refractivity contribution in [2.45, 2.75) is 39.5 Å². The molecule has 1 aliphatic heterocycles. The second kappa shape index (κ2) is 8.57. The largest absolute Gasteiger partial charge is 0.444 e. The number of para-hydroxylation sites is 2. The summed E-state index contributed by atoms with van der Waals surface area (Å²) >= 11 is 0. The average molecular weight is 452 g/mol. The van der Waals surface area contributed by atoms with Gasteiger partial charge in [-0.15, -0.1) is 0 Å². The van der Waals surface area contributed by atoms with Gasteiger partial charge in [-0.3, -0.25) is 9.48 Å². The van der Waals surface area contributed by atoms with Gasteiger partial charge in [0.1, 0.15) is 17.2 Å². The third kappa shape index (κ3) is 4.82. The van der Waals surface area contributed by atoms with Gasteiger partial charge in [0.25, 0.3) is 5.91 Å². The number of aryl methyl sites for hydroxylation is 1. The second-order valence-corrected chi connectivity index (χ2v) is 8.85. The summed E-state index contributed by atoms with van der Waals surface area (Å²) in [5.74, 6) is -0.350. The van der Waals surface area contributed by atoms with Crippen molar-refractivity contribution in [1.82, 2.24) is 15.1 Å². The van der Waals surface area contributed by atoms with E-state index in [0.717, 1.165) is 17.1 Å². The van der Waals surface area contributed by atoms with E-state index in [-0.39, 0.29) is 18.7 Å². The highest BCUT2D eigenvalue weighted by molar-refractivity contribution is 6.08. The van der Waals surface area contributed by atoms with Crippen LogP contribution in [0.2, 0.25) is 0 Å². The number of nitrogens with one attached hydrogen (secondary N) is 2. The molecule has 8 nitrogen and oxygen atoms in total. The molecule has 1 aliphatic rings. The van der Waals surface area contributed by atoms with Crippen LogP contribution in [-0.4, -0.2) is 27.4 Å². The Balaban J connectivity index is 1.57. The van der Waals surface area contributed by atoms with Crippen molar-refractivity contribution in [2.75, 3.05) is 10.2 Å². The van der Waals surface area contributed by atoms with Crippen LogP contribution in [0.15, 0.2) is 48.7 Å². The van der Waals surface area contributed by atoms with E-state index in [9.17, 15) is 9.59 Å². The van der Waals surface area contributed by atoms with Gasteiger partial charge in [0.2, 0.25) is 0 Å². The molecule has 0 saturated heterocycles. The number of fused-ring (bicyclic) bond motifs is 2. The van der Waals surface area contributed by atoms with Gasteiger partial charge in [-0.25, -0.2) is 9.18 Å². The Hall–Kier alpha value is -3.88. The van der Waals surface area contributed by atoms with E-state index in [1.54, 1.807) is 37.7 Å². The maximum Gasteiger partial charge on any atom is 0.407 e. The highest BCUT2D eigenvalue weighted by Crippen LogP contribution is 2.36. The van der Waals surface area contributed by atoms with Gasteiger partial charge in [-0.05, 0) is 50.6 Å². The number of ether oxygens (including phenoxy) is 1. The summed E-state index contributed by atoms with van der Waals surface area (Å²) in [5, 5.41) is 10.2. The molecule has 0 radical (unpaired) electrons. The lowest BCUT2D eigenvalue weighted by atomic mass is 10.1. The van der Waals surface area contributed by atoms with Crippen LogP contribution < -0.4 is 15.5 Å². The molecule has 0 unspecified atom stereocenters. The molecule has 1 aromatic heterocycles. The predicted molar refractivity (Wildman–Crippen MR) is 123 cm³/mol. The monoisotopic (exact) mass is 451 g/mol. The normalized spacial score (nSPS) is 12.8. The zero-order valence-electron chi connectivity index (χ0n) is 19.0. The van der Waals surface area contributed by atoms with Crippen LogP contribution in [0.4, 0.5) is 26.4 Å². The van der Waals surface area contributed by atoms with Crippen molar-refractivity contribution >= 4 is 29.2 Å². The SMILES string of the molecule is Cn1ncc2c1Nc1ccccc1N(C(=O)c1ccc(CNC(=O)OC(C)(C)C)cc1F)C2. The number of benzene rings is 2. The van der Waals surface area contributed by atoms with E-state index in [1.807, 2.05) is 31.3 Å². The van der Waals surface area contributed by atoms with Crippen molar-refractivity contribution < 1.29 is 18.7 Å². The van der Waals surface area contributed by atoms with E-state index < -0.39 is 23.4 Å². The molecular weight excluding hydrogens is 425 g/mol. The first-order valence-corrected chi connectivity index (χ1v) is 10.6. The molecule has 9 heteroatoms. The number of nitrogens with zero attached hydrogens (tertiary/aromatic N) is 3. The van der Waals surface area contributed by atoms with Gasteiger partial charge in [-0.2, -0.15) is 5.10 Å². The van der Waals surface area contributed by atoms with Crippen molar-refractivity contribution in [3.05, 3.63) is 71.2 Å². The fourth-order valence-corrected chi connectivity index (χ4v) is 3.61. The number of halogens is 1. The Morgan fingerprint density at radius 2 is 1.97 bits per heavy atom. The summed E-state index contributed by atoms with van der Waals surface area (Å²) in [5.41, 5.74) is 2.03. The maximum atomic E-state index is 15.0. The Kier molecular flexibility index (Phi) is 5.80. The smallest absolute Gasteiger partial charge is 0.407 e. The van der Waals surface area contributed by atoms with Gasteiger partial charge in [-0.1, -0.05) is 18.2 Å². The number of alkyl carbamates (subject to hydrolysis) is 1. The molecule has 0 aliphatic carbocycles. The zero-order valence-corrected chi connectivity index (χ0v) is 19.0. The van der Waals surface area contributed by atoms with Crippen molar-refractivity contribution in [2.24, 2.45) is 7.05 Å². The number of anilines is 3. The standard InChI is InChI=1S/C24H26FN5O3/c1-24(2,3)33-23(32)26-12-15-9-10-17(18(25)11-15)22(31)30-14-16-13-27-29(4)21(16)28-19-7-5-6-8-20(19)30/h5-11,13,28H,12,14H2,1-4H3,(H,26,32). The number of carbonyl (C=O) groups excluding carboxylic acids is 2. The number of carbonyl (C=O) groups is 2. The van der Waals surface area contributed by atoms with E-state index >= 15 is 4.39 Å². The lowest BCUT2D eigenvalue weighted by Crippen LogP contribution is -2.32. The van der Waals surface area contributed by atoms with Crippen LogP contribution in [0, 0.1) is 5.82 Å². The van der Waals surface area contributed by atoms with Gasteiger partial charge in [0.05, 0.1) is 29.7 Å². The molecule has 0 fully saturated rings. The summed E-state index contributed by atoms with van der Waals surface area (Å²) in [6.07, 6.45) is 1.10. The van der Waals surface area contributed by atoms with Gasteiger partial charge in [0.15, 0.2) is 0 Å². The molecule has 172 valence electrons. The molecular formula is C24H26FN5O3. The molecule has 0 saturated carbocycles. The molecule has 0 bridgehead atoms. The summed E-state index contributed by atoms with van der Waals surface area (Å²) in [6.45, 7) is 5.61. The number of amides is 2. The van der Waals surface area contributed by atoms with Crippen molar-refractivity contribution in [3.63, 3.8) is 0 Å². The fourth-order valence-electron chi connectivity index (χ4n) is 3.61. The second-order valence-electron chi connectivity index (χ2n) is 8.85. The number of rotatable bonds is 3. The quantitative estimate of drug-likeness (QED) is 0.613. The summed E-state index contributed by atoms with van der Waals surface area (Å²) in [4.78, 5) is 26.8. The fraction of sp³-hybridized carbons (Fsp3) is 0.292. The van der Waals surface area contributed by atoms with E-state index in [2.05, 4.69) is 15.7 Å². The minimum Gasteiger partial charge on any atom is -0.444 e. The minimum atomic E-state index is -0.662. The van der Waals surface area contributed by atoms with Crippen molar-refractivity contribution in [3.8, 4) is 0 Å². The topological polar surface area (TPSA) is 88.5 Å². The van der Waals surface area contributed by atoms with E-state index in [1.165, 1.54) is 17.0 Å². The summed E-state index contributed by atoms with van der Waals surface area (Å²) in [6, 6.07) is 11.7.